The Kier molecular flexibility index (Phi) is 7.35. The van der Waals surface area contributed by atoms with E-state index < -0.39 is 15.9 Å². The van der Waals surface area contributed by atoms with Crippen molar-refractivity contribution in [2.24, 2.45) is 0 Å². The number of sulfonamides is 1. The Morgan fingerprint density at radius 2 is 1.49 bits per heavy atom. The van der Waals surface area contributed by atoms with Gasteiger partial charge >= 0.3 is 0 Å². The molecule has 35 heavy (non-hydrogen) atoms. The number of halogens is 2. The maximum Gasteiger partial charge on any atom is 0.261 e. The lowest BCUT2D eigenvalue weighted by atomic mass is 10.0. The van der Waals surface area contributed by atoms with Gasteiger partial charge in [-0.1, -0.05) is 63.9 Å². The molecular weight excluding hydrogens is 552 g/mol. The Bertz CT molecular complexity index is 1530. The molecule has 0 bridgehead atoms. The molecule has 1 amide bonds. The SMILES string of the molecule is O=C(Nc1ccc(Br)cc1C(=O)c1ccccc1Cl)c1cccc(NS(=O)(=O)c2ccccc2)c1. The van der Waals surface area contributed by atoms with E-state index in [2.05, 4.69) is 26.0 Å². The zero-order chi connectivity index (χ0) is 25.0. The molecule has 2 N–H and O–H groups in total. The summed E-state index contributed by atoms with van der Waals surface area (Å²) in [4.78, 5) is 26.3. The number of ketones is 1. The smallest absolute Gasteiger partial charge is 0.261 e. The first-order valence-electron chi connectivity index (χ1n) is 10.3. The molecule has 6 nitrogen and oxygen atoms in total. The zero-order valence-electron chi connectivity index (χ0n) is 18.0. The molecule has 0 saturated carbocycles. The van der Waals surface area contributed by atoms with Gasteiger partial charge in [0.1, 0.15) is 0 Å². The van der Waals surface area contributed by atoms with Crippen LogP contribution in [0.4, 0.5) is 11.4 Å². The van der Waals surface area contributed by atoms with Crippen LogP contribution in [-0.2, 0) is 10.0 Å². The van der Waals surface area contributed by atoms with E-state index in [-0.39, 0.29) is 27.5 Å². The first-order chi connectivity index (χ1) is 16.7. The molecule has 0 radical (unpaired) electrons. The van der Waals surface area contributed by atoms with Crippen LogP contribution in [-0.4, -0.2) is 20.1 Å². The van der Waals surface area contributed by atoms with Crippen molar-refractivity contribution >= 4 is 60.6 Å². The summed E-state index contributed by atoms with van der Waals surface area (Å²) in [5.74, 6) is -0.863. The van der Waals surface area contributed by atoms with Gasteiger partial charge in [0.25, 0.3) is 15.9 Å². The molecule has 0 aliphatic rings. The van der Waals surface area contributed by atoms with Crippen LogP contribution in [0.3, 0.4) is 0 Å². The minimum Gasteiger partial charge on any atom is -0.321 e. The number of hydrogen-bond acceptors (Lipinski definition) is 4. The molecule has 0 atom stereocenters. The average molecular weight is 570 g/mol. The van der Waals surface area contributed by atoms with Crippen molar-refractivity contribution in [3.63, 3.8) is 0 Å². The number of carbonyl (C=O) groups excluding carboxylic acids is 2. The summed E-state index contributed by atoms with van der Waals surface area (Å²) in [6.45, 7) is 0. The topological polar surface area (TPSA) is 92.3 Å². The summed E-state index contributed by atoms with van der Waals surface area (Å²) < 4.78 is 28.4. The fourth-order valence-corrected chi connectivity index (χ4v) is 4.99. The largest absolute Gasteiger partial charge is 0.321 e. The standard InChI is InChI=1S/C26H18BrClN2O4S/c27-18-13-14-24(22(16-18)25(31)21-11-4-5-12-23(21)28)29-26(32)17-7-6-8-19(15-17)30-35(33,34)20-9-2-1-3-10-20/h1-16,30H,(H,29,32). The zero-order valence-corrected chi connectivity index (χ0v) is 21.2. The predicted octanol–water partition coefficient (Wildman–Crippen LogP) is 6.39. The lowest BCUT2D eigenvalue weighted by molar-refractivity contribution is 0.102. The molecule has 0 spiro atoms. The van der Waals surface area contributed by atoms with Crippen LogP contribution in [0.5, 0.6) is 0 Å². The third kappa shape index (κ3) is 5.79. The van der Waals surface area contributed by atoms with Crippen LogP contribution >= 0.6 is 27.5 Å². The summed E-state index contributed by atoms with van der Waals surface area (Å²) >= 11 is 9.56. The quantitative estimate of drug-likeness (QED) is 0.252. The van der Waals surface area contributed by atoms with E-state index in [9.17, 15) is 18.0 Å². The second-order valence-corrected chi connectivity index (χ2v) is 10.5. The Balaban J connectivity index is 1.60. The molecule has 4 aromatic rings. The fraction of sp³-hybridized carbons (Fsp3) is 0. The van der Waals surface area contributed by atoms with Crippen LogP contribution in [0.2, 0.25) is 5.02 Å². The van der Waals surface area contributed by atoms with Crippen molar-refractivity contribution in [2.45, 2.75) is 4.90 Å². The van der Waals surface area contributed by atoms with E-state index in [0.717, 1.165) is 0 Å². The minimum atomic E-state index is -3.82. The van der Waals surface area contributed by atoms with Crippen LogP contribution < -0.4 is 10.0 Å². The second-order valence-electron chi connectivity index (χ2n) is 7.45. The van der Waals surface area contributed by atoms with Crippen LogP contribution in [0.25, 0.3) is 0 Å². The molecule has 0 unspecified atom stereocenters. The molecule has 0 saturated heterocycles. The maximum absolute atomic E-state index is 13.2. The monoisotopic (exact) mass is 568 g/mol. The van der Waals surface area contributed by atoms with E-state index in [4.69, 9.17) is 11.6 Å². The van der Waals surface area contributed by atoms with Crippen molar-refractivity contribution < 1.29 is 18.0 Å². The number of amides is 1. The molecule has 0 aromatic heterocycles. The molecule has 176 valence electrons. The minimum absolute atomic E-state index is 0.104. The Hall–Kier alpha value is -3.46. The Morgan fingerprint density at radius 3 is 2.23 bits per heavy atom. The van der Waals surface area contributed by atoms with Crippen LogP contribution in [0, 0.1) is 0 Å². The number of anilines is 2. The van der Waals surface area contributed by atoms with Crippen molar-refractivity contribution in [3.05, 3.63) is 123 Å². The molecule has 4 aromatic carbocycles. The summed E-state index contributed by atoms with van der Waals surface area (Å²) in [5, 5.41) is 3.04. The van der Waals surface area contributed by atoms with E-state index in [1.54, 1.807) is 78.9 Å². The van der Waals surface area contributed by atoms with Gasteiger partial charge in [-0.25, -0.2) is 8.42 Å². The molecular formula is C26H18BrClN2O4S. The molecule has 0 aliphatic heterocycles. The maximum atomic E-state index is 13.2. The van der Waals surface area contributed by atoms with Gasteiger partial charge in [0, 0.05) is 26.9 Å². The summed E-state index contributed by atoms with van der Waals surface area (Å²) in [7, 11) is -3.82. The molecule has 9 heteroatoms. The highest BCUT2D eigenvalue weighted by molar-refractivity contribution is 9.10. The summed E-state index contributed by atoms with van der Waals surface area (Å²) in [5.41, 5.74) is 1.28. The Morgan fingerprint density at radius 1 is 0.771 bits per heavy atom. The van der Waals surface area contributed by atoms with Crippen molar-refractivity contribution in [1.82, 2.24) is 0 Å². The van der Waals surface area contributed by atoms with Gasteiger partial charge in [0.2, 0.25) is 0 Å². The second kappa shape index (κ2) is 10.4. The van der Waals surface area contributed by atoms with Crippen molar-refractivity contribution in [3.8, 4) is 0 Å². The number of carbonyl (C=O) groups is 2. The molecule has 0 fully saturated rings. The van der Waals surface area contributed by atoms with E-state index in [1.165, 1.54) is 18.2 Å². The van der Waals surface area contributed by atoms with E-state index in [1.807, 2.05) is 0 Å². The van der Waals surface area contributed by atoms with Crippen molar-refractivity contribution in [1.29, 1.82) is 0 Å². The normalized spacial score (nSPS) is 11.0. The number of nitrogens with one attached hydrogen (secondary N) is 2. The van der Waals surface area contributed by atoms with Crippen LogP contribution in [0.1, 0.15) is 26.3 Å². The fourth-order valence-electron chi connectivity index (χ4n) is 3.34. The average Bonchev–Trinajstić information content (AvgIpc) is 2.85. The highest BCUT2D eigenvalue weighted by Crippen LogP contribution is 2.27. The van der Waals surface area contributed by atoms with Gasteiger partial charge < -0.3 is 5.32 Å². The van der Waals surface area contributed by atoms with Gasteiger partial charge in [-0.2, -0.15) is 0 Å². The third-order valence-corrected chi connectivity index (χ3v) is 7.24. The molecule has 0 aliphatic carbocycles. The van der Waals surface area contributed by atoms with Gasteiger partial charge in [-0.3, -0.25) is 14.3 Å². The first-order valence-corrected chi connectivity index (χ1v) is 13.0. The van der Waals surface area contributed by atoms with E-state index in [0.29, 0.717) is 20.7 Å². The Labute approximate surface area is 216 Å². The number of rotatable bonds is 7. The number of benzene rings is 4. The molecule has 4 rings (SSSR count). The predicted molar refractivity (Wildman–Crippen MR) is 141 cm³/mol. The third-order valence-electron chi connectivity index (χ3n) is 5.02. The van der Waals surface area contributed by atoms with Gasteiger partial charge in [-0.15, -0.1) is 0 Å². The number of hydrogen-bond donors (Lipinski definition) is 2. The van der Waals surface area contributed by atoms with Crippen LogP contribution in [0.15, 0.2) is 106 Å². The lowest BCUT2D eigenvalue weighted by Gasteiger charge is -2.13. The van der Waals surface area contributed by atoms with Gasteiger partial charge in [0.05, 0.1) is 15.6 Å². The summed E-state index contributed by atoms with van der Waals surface area (Å²) in [6, 6.07) is 25.6. The van der Waals surface area contributed by atoms with E-state index >= 15 is 0 Å². The van der Waals surface area contributed by atoms with Gasteiger partial charge in [-0.05, 0) is 60.7 Å². The first kappa shape index (κ1) is 24.7. The highest BCUT2D eigenvalue weighted by Gasteiger charge is 2.19. The van der Waals surface area contributed by atoms with Gasteiger partial charge in [0.15, 0.2) is 5.78 Å². The summed E-state index contributed by atoms with van der Waals surface area (Å²) in [6.07, 6.45) is 0. The highest BCUT2D eigenvalue weighted by atomic mass is 79.9. The molecule has 0 heterocycles. The lowest BCUT2D eigenvalue weighted by Crippen LogP contribution is -2.17. The van der Waals surface area contributed by atoms with Crippen molar-refractivity contribution in [2.75, 3.05) is 10.0 Å².